The zero-order valence-electron chi connectivity index (χ0n) is 13.9. The van der Waals surface area contributed by atoms with Crippen molar-refractivity contribution in [3.8, 4) is 11.3 Å². The molecule has 0 spiro atoms. The predicted octanol–water partition coefficient (Wildman–Crippen LogP) is 4.86. The van der Waals surface area contributed by atoms with Crippen molar-refractivity contribution in [1.29, 1.82) is 0 Å². The van der Waals surface area contributed by atoms with Gasteiger partial charge in [-0.3, -0.25) is 4.40 Å². The van der Waals surface area contributed by atoms with E-state index >= 15 is 0 Å². The Balaban J connectivity index is 2.18. The molecule has 0 atom stereocenters. The van der Waals surface area contributed by atoms with Crippen LogP contribution in [0, 0.1) is 6.92 Å². The number of halogens is 1. The van der Waals surface area contributed by atoms with Crippen molar-refractivity contribution in [2.24, 2.45) is 0 Å². The van der Waals surface area contributed by atoms with E-state index in [-0.39, 0.29) is 12.0 Å². The van der Waals surface area contributed by atoms with Gasteiger partial charge in [-0.25, -0.2) is 4.98 Å². The van der Waals surface area contributed by atoms with E-state index in [4.69, 9.17) is 4.98 Å². The third kappa shape index (κ3) is 2.93. The number of aryl methyl sites for hydroxylation is 1. The molecule has 0 radical (unpaired) electrons. The van der Waals surface area contributed by atoms with Gasteiger partial charge in [0.15, 0.2) is 0 Å². The quantitative estimate of drug-likeness (QED) is 0.697. The summed E-state index contributed by atoms with van der Waals surface area (Å²) in [6, 6.07) is 10.5. The molecular weight excluding hydrogens is 352 g/mol. The van der Waals surface area contributed by atoms with E-state index < -0.39 is 0 Å². The van der Waals surface area contributed by atoms with Crippen molar-refractivity contribution in [1.82, 2.24) is 9.38 Å². The number of rotatable bonds is 2. The Bertz CT molecular complexity index is 858. The highest BCUT2D eigenvalue weighted by molar-refractivity contribution is 9.10. The fraction of sp³-hybridized carbons (Fsp3) is 0.316. The number of aliphatic hydroxyl groups is 1. The van der Waals surface area contributed by atoms with Gasteiger partial charge < -0.3 is 5.11 Å². The molecule has 3 nitrogen and oxygen atoms in total. The molecule has 0 aliphatic rings. The first-order valence-electron chi connectivity index (χ1n) is 7.70. The minimum absolute atomic E-state index is 0.0482. The number of aliphatic hydroxyl groups excluding tert-OH is 1. The number of benzene rings is 1. The fourth-order valence-corrected chi connectivity index (χ4v) is 3.37. The normalized spacial score (nSPS) is 12.1. The number of imidazole rings is 1. The second-order valence-corrected chi connectivity index (χ2v) is 7.84. The van der Waals surface area contributed by atoms with Gasteiger partial charge in [-0.1, -0.05) is 45.0 Å². The summed E-state index contributed by atoms with van der Waals surface area (Å²) in [5.74, 6) is 0. The number of aromatic nitrogens is 2. The molecule has 0 fully saturated rings. The first-order chi connectivity index (χ1) is 10.8. The van der Waals surface area contributed by atoms with Crippen molar-refractivity contribution in [3.05, 3.63) is 57.8 Å². The Labute approximate surface area is 145 Å². The zero-order chi connectivity index (χ0) is 16.8. The van der Waals surface area contributed by atoms with E-state index in [0.717, 1.165) is 32.6 Å². The Kier molecular flexibility index (Phi) is 4.07. The van der Waals surface area contributed by atoms with E-state index in [1.165, 1.54) is 5.56 Å². The lowest BCUT2D eigenvalue weighted by Gasteiger charge is -2.19. The van der Waals surface area contributed by atoms with Crippen molar-refractivity contribution in [3.63, 3.8) is 0 Å². The van der Waals surface area contributed by atoms with Crippen LogP contribution in [0.15, 0.2) is 41.0 Å². The van der Waals surface area contributed by atoms with Gasteiger partial charge in [0.1, 0.15) is 5.65 Å². The van der Waals surface area contributed by atoms with Crippen LogP contribution in [0.4, 0.5) is 0 Å². The Morgan fingerprint density at radius 3 is 2.39 bits per heavy atom. The van der Waals surface area contributed by atoms with Crippen molar-refractivity contribution in [2.75, 3.05) is 0 Å². The maximum Gasteiger partial charge on any atom is 0.140 e. The van der Waals surface area contributed by atoms with Gasteiger partial charge in [-0.15, -0.1) is 0 Å². The van der Waals surface area contributed by atoms with E-state index in [9.17, 15) is 5.11 Å². The molecule has 0 unspecified atom stereocenters. The lowest BCUT2D eigenvalue weighted by atomic mass is 9.86. The highest BCUT2D eigenvalue weighted by Gasteiger charge is 2.17. The summed E-state index contributed by atoms with van der Waals surface area (Å²) in [6.45, 7) is 8.58. The van der Waals surface area contributed by atoms with Gasteiger partial charge >= 0.3 is 0 Å². The summed E-state index contributed by atoms with van der Waals surface area (Å²) in [5, 5.41) is 9.86. The minimum atomic E-state index is -0.0482. The molecule has 23 heavy (non-hydrogen) atoms. The third-order valence-corrected chi connectivity index (χ3v) is 4.58. The SMILES string of the molecule is Cc1cc(Br)cn2c(CO)c(-c3ccc(C(C)(C)C)cc3)nc12. The van der Waals surface area contributed by atoms with Crippen molar-refractivity contribution in [2.45, 2.75) is 39.7 Å². The van der Waals surface area contributed by atoms with Crippen molar-refractivity contribution >= 4 is 21.6 Å². The molecule has 2 aromatic heterocycles. The Morgan fingerprint density at radius 2 is 1.83 bits per heavy atom. The largest absolute Gasteiger partial charge is 0.390 e. The summed E-state index contributed by atoms with van der Waals surface area (Å²) < 4.78 is 2.94. The van der Waals surface area contributed by atoms with Gasteiger partial charge in [-0.05, 0) is 45.5 Å². The lowest BCUT2D eigenvalue weighted by Crippen LogP contribution is -2.10. The average Bonchev–Trinajstić information content (AvgIpc) is 2.85. The molecule has 3 rings (SSSR count). The van der Waals surface area contributed by atoms with Crippen LogP contribution in [0.25, 0.3) is 16.9 Å². The summed E-state index contributed by atoms with van der Waals surface area (Å²) >= 11 is 3.51. The van der Waals surface area contributed by atoms with Gasteiger partial charge in [0.2, 0.25) is 0 Å². The van der Waals surface area contributed by atoms with Crippen LogP contribution < -0.4 is 0 Å². The van der Waals surface area contributed by atoms with Gasteiger partial charge in [0.25, 0.3) is 0 Å². The van der Waals surface area contributed by atoms with Crippen LogP contribution in [-0.4, -0.2) is 14.5 Å². The summed E-state index contributed by atoms with van der Waals surface area (Å²) in [5.41, 5.74) is 6.05. The molecular formula is C19H21BrN2O. The molecule has 0 bridgehead atoms. The highest BCUT2D eigenvalue weighted by Crippen LogP contribution is 2.30. The average molecular weight is 373 g/mol. The van der Waals surface area contributed by atoms with E-state index in [0.29, 0.717) is 0 Å². The number of fused-ring (bicyclic) bond motifs is 1. The van der Waals surface area contributed by atoms with Crippen LogP contribution in [0.1, 0.15) is 37.6 Å². The Morgan fingerprint density at radius 1 is 1.17 bits per heavy atom. The lowest BCUT2D eigenvalue weighted by molar-refractivity contribution is 0.276. The van der Waals surface area contributed by atoms with E-state index in [1.807, 2.05) is 23.6 Å². The van der Waals surface area contributed by atoms with Gasteiger partial charge in [0, 0.05) is 16.2 Å². The monoisotopic (exact) mass is 372 g/mol. The minimum Gasteiger partial charge on any atom is -0.390 e. The second kappa shape index (κ2) is 5.77. The van der Waals surface area contributed by atoms with Crippen LogP contribution in [0.2, 0.25) is 0 Å². The third-order valence-electron chi connectivity index (χ3n) is 4.14. The maximum absolute atomic E-state index is 9.86. The summed E-state index contributed by atoms with van der Waals surface area (Å²) in [7, 11) is 0. The summed E-state index contributed by atoms with van der Waals surface area (Å²) in [4.78, 5) is 4.77. The molecule has 2 heterocycles. The predicted molar refractivity (Wildman–Crippen MR) is 97.7 cm³/mol. The number of nitrogens with zero attached hydrogens (tertiary/aromatic N) is 2. The van der Waals surface area contributed by atoms with E-state index in [1.54, 1.807) is 0 Å². The smallest absolute Gasteiger partial charge is 0.140 e. The van der Waals surface area contributed by atoms with Crippen LogP contribution in [-0.2, 0) is 12.0 Å². The maximum atomic E-state index is 9.86. The molecule has 1 N–H and O–H groups in total. The standard InChI is InChI=1S/C19H21BrN2O/c1-12-9-15(20)10-22-16(11-23)17(21-18(12)22)13-5-7-14(8-6-13)19(2,3)4/h5-10,23H,11H2,1-4H3. The molecule has 0 amide bonds. The summed E-state index contributed by atoms with van der Waals surface area (Å²) in [6.07, 6.45) is 1.95. The molecule has 0 saturated carbocycles. The molecule has 0 saturated heterocycles. The van der Waals surface area contributed by atoms with Crippen LogP contribution in [0.5, 0.6) is 0 Å². The number of pyridine rings is 1. The molecule has 120 valence electrons. The number of hydrogen-bond donors (Lipinski definition) is 1. The topological polar surface area (TPSA) is 37.5 Å². The molecule has 0 aliphatic carbocycles. The first kappa shape index (κ1) is 16.2. The molecule has 1 aromatic carbocycles. The van der Waals surface area contributed by atoms with Crippen LogP contribution >= 0.6 is 15.9 Å². The highest BCUT2D eigenvalue weighted by atomic mass is 79.9. The number of hydrogen-bond acceptors (Lipinski definition) is 2. The fourth-order valence-electron chi connectivity index (χ4n) is 2.83. The van der Waals surface area contributed by atoms with E-state index in [2.05, 4.69) is 61.0 Å². The zero-order valence-corrected chi connectivity index (χ0v) is 15.5. The Hall–Kier alpha value is -1.65. The van der Waals surface area contributed by atoms with Gasteiger partial charge in [-0.2, -0.15) is 0 Å². The van der Waals surface area contributed by atoms with Gasteiger partial charge in [0.05, 0.1) is 18.0 Å². The first-order valence-corrected chi connectivity index (χ1v) is 8.49. The molecule has 3 aromatic rings. The van der Waals surface area contributed by atoms with Crippen LogP contribution in [0.3, 0.4) is 0 Å². The second-order valence-electron chi connectivity index (χ2n) is 6.93. The van der Waals surface area contributed by atoms with Crippen molar-refractivity contribution < 1.29 is 5.11 Å². The molecule has 4 heteroatoms. The molecule has 0 aliphatic heterocycles.